The van der Waals surface area contributed by atoms with Crippen LogP contribution >= 0.6 is 23.2 Å². The summed E-state index contributed by atoms with van der Waals surface area (Å²) < 4.78 is 11.1. The number of aromatic nitrogens is 3. The van der Waals surface area contributed by atoms with E-state index < -0.39 is 11.6 Å². The molecule has 1 aromatic carbocycles. The number of hydrogen-bond donors (Lipinski definition) is 2. The molecule has 3 aromatic rings. The van der Waals surface area contributed by atoms with Gasteiger partial charge in [0.05, 0.1) is 11.9 Å². The summed E-state index contributed by atoms with van der Waals surface area (Å²) in [6, 6.07) is 7.34. The van der Waals surface area contributed by atoms with Gasteiger partial charge in [0.1, 0.15) is 16.4 Å². The molecule has 0 fully saturated rings. The summed E-state index contributed by atoms with van der Waals surface area (Å²) in [7, 11) is 0. The summed E-state index contributed by atoms with van der Waals surface area (Å²) in [4.78, 5) is 24.2. The third kappa shape index (κ3) is 7.76. The third-order valence-electron chi connectivity index (χ3n) is 4.30. The molecule has 0 bridgehead atoms. The van der Waals surface area contributed by atoms with Crippen molar-refractivity contribution in [2.75, 3.05) is 17.7 Å². The zero-order valence-electron chi connectivity index (χ0n) is 18.6. The highest BCUT2D eigenvalue weighted by atomic mass is 35.5. The van der Waals surface area contributed by atoms with Gasteiger partial charge < -0.3 is 20.5 Å². The number of nitrogens with two attached hydrogens (primary N) is 1. The summed E-state index contributed by atoms with van der Waals surface area (Å²) in [5.41, 5.74) is 8.42. The third-order valence-corrected chi connectivity index (χ3v) is 4.76. The number of carbonyl (C=O) groups is 1. The molecule has 2 heterocycles. The van der Waals surface area contributed by atoms with E-state index in [2.05, 4.69) is 20.3 Å². The van der Waals surface area contributed by atoms with Crippen LogP contribution in [-0.4, -0.2) is 33.1 Å². The molecule has 8 nitrogen and oxygen atoms in total. The van der Waals surface area contributed by atoms with Crippen LogP contribution in [0.2, 0.25) is 10.3 Å². The fraction of sp³-hybridized carbons (Fsp3) is 0.304. The van der Waals surface area contributed by atoms with Crippen molar-refractivity contribution >= 4 is 46.4 Å². The predicted molar refractivity (Wildman–Crippen MR) is 129 cm³/mol. The lowest BCUT2D eigenvalue weighted by Crippen LogP contribution is -2.27. The van der Waals surface area contributed by atoms with Gasteiger partial charge in [-0.3, -0.25) is 4.98 Å². The Morgan fingerprint density at radius 2 is 1.91 bits per heavy atom. The number of esters is 1. The summed E-state index contributed by atoms with van der Waals surface area (Å²) in [6.07, 6.45) is 6.07. The number of pyridine rings is 1. The lowest BCUT2D eigenvalue weighted by Gasteiger charge is -2.20. The van der Waals surface area contributed by atoms with Crippen LogP contribution in [0.5, 0.6) is 5.75 Å². The molecule has 3 N–H and O–H groups in total. The Morgan fingerprint density at radius 1 is 1.12 bits per heavy atom. The van der Waals surface area contributed by atoms with Crippen molar-refractivity contribution in [3.8, 4) is 5.75 Å². The normalized spacial score (nSPS) is 11.2. The highest BCUT2D eigenvalue weighted by Crippen LogP contribution is 2.29. The highest BCUT2D eigenvalue weighted by Gasteiger charge is 2.17. The molecule has 0 saturated carbocycles. The van der Waals surface area contributed by atoms with E-state index in [1.807, 2.05) is 12.1 Å². The second-order valence-corrected chi connectivity index (χ2v) is 9.03. The van der Waals surface area contributed by atoms with Gasteiger partial charge in [-0.2, -0.15) is 4.98 Å². The maximum absolute atomic E-state index is 12.1. The van der Waals surface area contributed by atoms with Gasteiger partial charge in [0.2, 0.25) is 5.28 Å². The quantitative estimate of drug-likeness (QED) is 0.335. The van der Waals surface area contributed by atoms with Gasteiger partial charge in [-0.1, -0.05) is 11.6 Å². The number of halogens is 2. The number of hydrogen-bond acceptors (Lipinski definition) is 8. The largest absolute Gasteiger partial charge is 0.482 e. The van der Waals surface area contributed by atoms with Gasteiger partial charge in [0, 0.05) is 18.1 Å². The first-order valence-electron chi connectivity index (χ1n) is 10.2. The Labute approximate surface area is 202 Å². The Bertz CT molecular complexity index is 1140. The molecule has 0 unspecified atom stereocenters. The average Bonchev–Trinajstić information content (AvgIpc) is 2.73. The van der Waals surface area contributed by atoms with E-state index in [0.29, 0.717) is 35.1 Å². The molecule has 0 saturated heterocycles. The lowest BCUT2D eigenvalue weighted by molar-refractivity contribution is -0.157. The van der Waals surface area contributed by atoms with Gasteiger partial charge in [-0.15, -0.1) is 0 Å². The SMILES string of the molecule is CC(C)(C)OC(=O)COc1ccc(Nc2nc(Cl)ncc2Cl)cc1CCc1cncc(N)c1. The van der Waals surface area contributed by atoms with E-state index in [4.69, 9.17) is 38.4 Å². The van der Waals surface area contributed by atoms with Crippen LogP contribution in [0.4, 0.5) is 17.2 Å². The Morgan fingerprint density at radius 3 is 2.64 bits per heavy atom. The van der Waals surface area contributed by atoms with Crippen molar-refractivity contribution in [1.82, 2.24) is 15.0 Å². The number of aryl methyl sites for hydroxylation is 2. The van der Waals surface area contributed by atoms with E-state index in [0.717, 1.165) is 16.8 Å². The molecule has 174 valence electrons. The monoisotopic (exact) mass is 489 g/mol. The fourth-order valence-corrected chi connectivity index (χ4v) is 3.27. The molecule has 33 heavy (non-hydrogen) atoms. The number of nitrogens with one attached hydrogen (secondary N) is 1. The molecule has 0 aliphatic carbocycles. The van der Waals surface area contributed by atoms with Crippen molar-refractivity contribution in [3.05, 3.63) is 64.3 Å². The molecule has 0 spiro atoms. The maximum Gasteiger partial charge on any atom is 0.344 e. The lowest BCUT2D eigenvalue weighted by atomic mass is 10.0. The van der Waals surface area contributed by atoms with Gasteiger partial charge >= 0.3 is 5.97 Å². The first-order valence-corrected chi connectivity index (χ1v) is 11.0. The second kappa shape index (κ2) is 10.7. The Hall–Kier alpha value is -3.10. The first-order chi connectivity index (χ1) is 15.6. The van der Waals surface area contributed by atoms with Crippen LogP contribution in [-0.2, 0) is 22.4 Å². The topological polar surface area (TPSA) is 112 Å². The minimum atomic E-state index is -0.588. The van der Waals surface area contributed by atoms with Crippen molar-refractivity contribution in [3.63, 3.8) is 0 Å². The van der Waals surface area contributed by atoms with Crippen LogP contribution < -0.4 is 15.8 Å². The van der Waals surface area contributed by atoms with Gasteiger partial charge in [0.15, 0.2) is 12.4 Å². The molecule has 2 aromatic heterocycles. The summed E-state index contributed by atoms with van der Waals surface area (Å²) >= 11 is 12.1. The van der Waals surface area contributed by atoms with Crippen LogP contribution in [0, 0.1) is 0 Å². The molecule has 0 amide bonds. The Balaban J connectivity index is 1.81. The van der Waals surface area contributed by atoms with Crippen molar-refractivity contribution in [2.45, 2.75) is 39.2 Å². The van der Waals surface area contributed by atoms with Crippen molar-refractivity contribution < 1.29 is 14.3 Å². The zero-order chi connectivity index (χ0) is 24.0. The maximum atomic E-state index is 12.1. The van der Waals surface area contributed by atoms with Gasteiger partial charge in [0.25, 0.3) is 0 Å². The molecular formula is C23H25Cl2N5O3. The van der Waals surface area contributed by atoms with Crippen LogP contribution in [0.3, 0.4) is 0 Å². The smallest absolute Gasteiger partial charge is 0.344 e. The number of benzene rings is 1. The van der Waals surface area contributed by atoms with E-state index >= 15 is 0 Å². The molecule has 0 radical (unpaired) electrons. The molecule has 10 heteroatoms. The van der Waals surface area contributed by atoms with Crippen molar-refractivity contribution in [2.24, 2.45) is 0 Å². The molecule has 0 atom stereocenters. The number of anilines is 3. The van der Waals surface area contributed by atoms with Gasteiger partial charge in [-0.25, -0.2) is 9.78 Å². The van der Waals surface area contributed by atoms with E-state index in [1.54, 1.807) is 45.3 Å². The fourth-order valence-electron chi connectivity index (χ4n) is 2.99. The Kier molecular flexibility index (Phi) is 7.94. The molecule has 0 aliphatic heterocycles. The number of rotatable bonds is 8. The minimum absolute atomic E-state index is 0.0774. The number of nitrogen functional groups attached to an aromatic ring is 1. The first kappa shape index (κ1) is 24.5. The molecule has 3 rings (SSSR count). The van der Waals surface area contributed by atoms with Crippen molar-refractivity contribution in [1.29, 1.82) is 0 Å². The van der Waals surface area contributed by atoms with E-state index in [9.17, 15) is 4.79 Å². The predicted octanol–water partition coefficient (Wildman–Crippen LogP) is 5.01. The number of nitrogens with zero attached hydrogens (tertiary/aromatic N) is 3. The zero-order valence-corrected chi connectivity index (χ0v) is 20.1. The standard InChI is InChI=1S/C23H25Cl2N5O3/c1-23(2,3)33-20(31)13-32-19-7-6-17(29-21-18(24)12-28-22(25)30-21)9-15(19)5-4-14-8-16(26)11-27-10-14/h6-12H,4-5,13,26H2,1-3H3,(H,28,29,30). The summed E-state index contributed by atoms with van der Waals surface area (Å²) in [6.45, 7) is 5.22. The molecular weight excluding hydrogens is 465 g/mol. The number of carbonyl (C=O) groups excluding carboxylic acids is 1. The summed E-state index contributed by atoms with van der Waals surface area (Å²) in [5.74, 6) is 0.498. The van der Waals surface area contributed by atoms with E-state index in [1.165, 1.54) is 6.20 Å². The van der Waals surface area contributed by atoms with Gasteiger partial charge in [-0.05, 0) is 80.6 Å². The van der Waals surface area contributed by atoms with E-state index in [-0.39, 0.29) is 11.9 Å². The highest BCUT2D eigenvalue weighted by molar-refractivity contribution is 6.33. The number of ether oxygens (including phenoxy) is 2. The average molecular weight is 490 g/mol. The van der Waals surface area contributed by atoms with Crippen LogP contribution in [0.1, 0.15) is 31.9 Å². The minimum Gasteiger partial charge on any atom is -0.482 e. The molecule has 0 aliphatic rings. The van der Waals surface area contributed by atoms with Crippen LogP contribution in [0.25, 0.3) is 0 Å². The van der Waals surface area contributed by atoms with Crippen LogP contribution in [0.15, 0.2) is 42.9 Å². The summed E-state index contributed by atoms with van der Waals surface area (Å²) in [5, 5.41) is 3.54. The second-order valence-electron chi connectivity index (χ2n) is 8.28.